The first-order valence-corrected chi connectivity index (χ1v) is 9.96. The SMILES string of the molecule is CN(CC(=O)Nc1ccc(N2CCOCC2)cc1)C(=O)C1COc2ccccc2O1. The lowest BCUT2D eigenvalue weighted by Crippen LogP contribution is -2.47. The second kappa shape index (κ2) is 9.04. The van der Waals surface area contributed by atoms with Gasteiger partial charge in [0.1, 0.15) is 6.61 Å². The standard InChI is InChI=1S/C22H25N3O5/c1-24(22(27)20-15-29-18-4-2-3-5-19(18)30-20)14-21(26)23-16-6-8-17(9-7-16)25-10-12-28-13-11-25/h2-9,20H,10-15H2,1H3,(H,23,26). The lowest BCUT2D eigenvalue weighted by molar-refractivity contribution is -0.141. The van der Waals surface area contributed by atoms with Crippen LogP contribution < -0.4 is 19.7 Å². The number of morpholine rings is 1. The maximum atomic E-state index is 12.6. The van der Waals surface area contributed by atoms with Crippen molar-refractivity contribution in [2.45, 2.75) is 6.10 Å². The molecule has 0 aliphatic carbocycles. The second-order valence-corrected chi connectivity index (χ2v) is 7.25. The van der Waals surface area contributed by atoms with Gasteiger partial charge in [0.05, 0.1) is 19.8 Å². The van der Waals surface area contributed by atoms with E-state index in [1.807, 2.05) is 36.4 Å². The summed E-state index contributed by atoms with van der Waals surface area (Å²) in [6.07, 6.45) is -0.773. The highest BCUT2D eigenvalue weighted by atomic mass is 16.6. The summed E-state index contributed by atoms with van der Waals surface area (Å²) in [6.45, 7) is 3.20. The van der Waals surface area contributed by atoms with Crippen LogP contribution in [0.3, 0.4) is 0 Å². The Hall–Kier alpha value is -3.26. The number of anilines is 2. The molecule has 2 aromatic rings. The van der Waals surface area contributed by atoms with Crippen LogP contribution in [0.1, 0.15) is 0 Å². The maximum Gasteiger partial charge on any atom is 0.267 e. The number of ether oxygens (including phenoxy) is 3. The number of carbonyl (C=O) groups excluding carboxylic acids is 2. The Kier molecular flexibility index (Phi) is 6.04. The van der Waals surface area contributed by atoms with Gasteiger partial charge in [-0.2, -0.15) is 0 Å². The number of benzene rings is 2. The minimum absolute atomic E-state index is 0.0778. The van der Waals surface area contributed by atoms with Crippen LogP contribution in [0.5, 0.6) is 11.5 Å². The van der Waals surface area contributed by atoms with Gasteiger partial charge in [-0.1, -0.05) is 12.1 Å². The van der Waals surface area contributed by atoms with E-state index in [2.05, 4.69) is 10.2 Å². The van der Waals surface area contributed by atoms with Crippen LogP contribution >= 0.6 is 0 Å². The zero-order chi connectivity index (χ0) is 20.9. The van der Waals surface area contributed by atoms with Crippen LogP contribution in [0, 0.1) is 0 Å². The third-order valence-electron chi connectivity index (χ3n) is 5.07. The molecule has 1 N–H and O–H groups in total. The van der Waals surface area contributed by atoms with E-state index in [4.69, 9.17) is 14.2 Å². The number of nitrogens with zero attached hydrogens (tertiary/aromatic N) is 2. The fourth-order valence-electron chi connectivity index (χ4n) is 3.46. The molecule has 8 heteroatoms. The maximum absolute atomic E-state index is 12.6. The molecule has 1 atom stereocenters. The molecule has 0 radical (unpaired) electrons. The molecule has 1 unspecified atom stereocenters. The zero-order valence-corrected chi connectivity index (χ0v) is 16.9. The van der Waals surface area contributed by atoms with Gasteiger partial charge in [-0.25, -0.2) is 0 Å². The van der Waals surface area contributed by atoms with Crippen LogP contribution in [-0.4, -0.2) is 69.3 Å². The van der Waals surface area contributed by atoms with Crippen molar-refractivity contribution in [2.75, 3.05) is 56.7 Å². The van der Waals surface area contributed by atoms with Gasteiger partial charge in [-0.05, 0) is 36.4 Å². The highest BCUT2D eigenvalue weighted by Crippen LogP contribution is 2.31. The molecule has 4 rings (SSSR count). The highest BCUT2D eigenvalue weighted by molar-refractivity contribution is 5.95. The number of likely N-dealkylation sites (N-methyl/N-ethyl adjacent to an activating group) is 1. The van der Waals surface area contributed by atoms with Crippen LogP contribution in [0.25, 0.3) is 0 Å². The van der Waals surface area contributed by atoms with Gasteiger partial charge in [0, 0.05) is 31.5 Å². The molecule has 1 saturated heterocycles. The van der Waals surface area contributed by atoms with Gasteiger partial charge >= 0.3 is 0 Å². The van der Waals surface area contributed by atoms with Gasteiger partial charge in [-0.15, -0.1) is 0 Å². The largest absolute Gasteiger partial charge is 0.485 e. The van der Waals surface area contributed by atoms with Crippen LogP contribution in [0.4, 0.5) is 11.4 Å². The molecule has 8 nitrogen and oxygen atoms in total. The van der Waals surface area contributed by atoms with Crippen molar-refractivity contribution >= 4 is 23.2 Å². The molecule has 2 aliphatic rings. The number of hydrogen-bond donors (Lipinski definition) is 1. The molecule has 0 spiro atoms. The summed E-state index contributed by atoms with van der Waals surface area (Å²) in [7, 11) is 1.58. The number of hydrogen-bond acceptors (Lipinski definition) is 6. The first-order chi connectivity index (χ1) is 14.6. The van der Waals surface area contributed by atoms with E-state index in [-0.39, 0.29) is 25.0 Å². The molecule has 158 valence electrons. The molecule has 2 heterocycles. The van der Waals surface area contributed by atoms with Crippen molar-refractivity contribution in [3.05, 3.63) is 48.5 Å². The predicted octanol–water partition coefficient (Wildman–Crippen LogP) is 1.76. The number of fused-ring (bicyclic) bond motifs is 1. The zero-order valence-electron chi connectivity index (χ0n) is 16.9. The highest BCUT2D eigenvalue weighted by Gasteiger charge is 2.30. The molecule has 30 heavy (non-hydrogen) atoms. The minimum Gasteiger partial charge on any atom is -0.485 e. The monoisotopic (exact) mass is 411 g/mol. The topological polar surface area (TPSA) is 80.3 Å². The van der Waals surface area contributed by atoms with E-state index in [9.17, 15) is 9.59 Å². The molecule has 0 aromatic heterocycles. The smallest absolute Gasteiger partial charge is 0.267 e. The van der Waals surface area contributed by atoms with Crippen LogP contribution in [0.15, 0.2) is 48.5 Å². The van der Waals surface area contributed by atoms with Crippen molar-refractivity contribution in [1.82, 2.24) is 4.90 Å². The summed E-state index contributed by atoms with van der Waals surface area (Å²) in [6, 6.07) is 14.9. The summed E-state index contributed by atoms with van der Waals surface area (Å²) in [5, 5.41) is 2.83. The molecular formula is C22H25N3O5. The third-order valence-corrected chi connectivity index (χ3v) is 5.07. The average molecular weight is 411 g/mol. The fraction of sp³-hybridized carbons (Fsp3) is 0.364. The predicted molar refractivity (Wildman–Crippen MR) is 112 cm³/mol. The van der Waals surface area contributed by atoms with Gasteiger partial charge in [0.15, 0.2) is 11.5 Å². The van der Waals surface area contributed by atoms with E-state index < -0.39 is 6.10 Å². The first-order valence-electron chi connectivity index (χ1n) is 9.96. The molecular weight excluding hydrogens is 386 g/mol. The van der Waals surface area contributed by atoms with Crippen molar-refractivity contribution in [2.24, 2.45) is 0 Å². The van der Waals surface area contributed by atoms with E-state index >= 15 is 0 Å². The van der Waals surface area contributed by atoms with E-state index in [0.29, 0.717) is 17.2 Å². The molecule has 0 bridgehead atoms. The Bertz CT molecular complexity index is 896. The van der Waals surface area contributed by atoms with Crippen molar-refractivity contribution < 1.29 is 23.8 Å². The quantitative estimate of drug-likeness (QED) is 0.808. The van der Waals surface area contributed by atoms with Gasteiger partial charge in [0.25, 0.3) is 5.91 Å². The number of nitrogens with one attached hydrogen (secondary N) is 1. The number of carbonyl (C=O) groups is 2. The summed E-state index contributed by atoms with van der Waals surface area (Å²) < 4.78 is 16.7. The normalized spacial score (nSPS) is 17.9. The Morgan fingerprint density at radius 2 is 1.77 bits per heavy atom. The molecule has 2 aromatic carbocycles. The molecule has 1 fully saturated rings. The van der Waals surface area contributed by atoms with E-state index in [1.54, 1.807) is 19.2 Å². The summed E-state index contributed by atoms with van der Waals surface area (Å²) in [5.41, 5.74) is 1.78. The number of rotatable bonds is 5. The van der Waals surface area contributed by atoms with Crippen molar-refractivity contribution in [3.63, 3.8) is 0 Å². The summed E-state index contributed by atoms with van der Waals surface area (Å²) in [5.74, 6) is 0.562. The number of amides is 2. The number of para-hydroxylation sites is 2. The fourth-order valence-corrected chi connectivity index (χ4v) is 3.46. The Balaban J connectivity index is 1.28. The van der Waals surface area contributed by atoms with Gasteiger partial charge in [0.2, 0.25) is 12.0 Å². The van der Waals surface area contributed by atoms with Crippen molar-refractivity contribution in [3.8, 4) is 11.5 Å². The molecule has 0 saturated carbocycles. The Morgan fingerprint density at radius 3 is 2.50 bits per heavy atom. The molecule has 2 amide bonds. The minimum atomic E-state index is -0.773. The summed E-state index contributed by atoms with van der Waals surface area (Å²) in [4.78, 5) is 28.6. The molecule has 2 aliphatic heterocycles. The summed E-state index contributed by atoms with van der Waals surface area (Å²) >= 11 is 0. The first kappa shape index (κ1) is 20.0. The average Bonchev–Trinajstić information content (AvgIpc) is 2.79. The van der Waals surface area contributed by atoms with E-state index in [1.165, 1.54) is 4.90 Å². The Morgan fingerprint density at radius 1 is 1.07 bits per heavy atom. The lowest BCUT2D eigenvalue weighted by Gasteiger charge is -2.29. The van der Waals surface area contributed by atoms with Gasteiger partial charge in [-0.3, -0.25) is 9.59 Å². The van der Waals surface area contributed by atoms with Crippen LogP contribution in [0.2, 0.25) is 0 Å². The van der Waals surface area contributed by atoms with Gasteiger partial charge < -0.3 is 29.3 Å². The third kappa shape index (κ3) is 4.65. The lowest BCUT2D eigenvalue weighted by atomic mass is 10.2. The Labute approximate surface area is 175 Å². The van der Waals surface area contributed by atoms with Crippen molar-refractivity contribution in [1.29, 1.82) is 0 Å². The van der Waals surface area contributed by atoms with E-state index in [0.717, 1.165) is 32.0 Å². The van der Waals surface area contributed by atoms with Crippen LogP contribution in [-0.2, 0) is 14.3 Å². The second-order valence-electron chi connectivity index (χ2n) is 7.25.